The number of fused-ring (bicyclic) bond motifs is 1. The molecule has 1 aliphatic rings. The van der Waals surface area contributed by atoms with Gasteiger partial charge < -0.3 is 40.3 Å². The molecule has 1 saturated heterocycles. The molecule has 8 unspecified atom stereocenters. The molecule has 324 valence electrons. The number of hydrogen-bond donors (Lipinski definition) is 10. The zero-order valence-electron chi connectivity index (χ0n) is 30.8. The van der Waals surface area contributed by atoms with E-state index < -0.39 is 104 Å². The van der Waals surface area contributed by atoms with E-state index in [1.807, 2.05) is 0 Å². The van der Waals surface area contributed by atoms with Gasteiger partial charge in [0.15, 0.2) is 17.7 Å². The van der Waals surface area contributed by atoms with Gasteiger partial charge in [0.05, 0.1) is 19.5 Å². The standard InChI is InChI=1S/C26H46AsN8O17P3S2/c1-26(2,20(38)23(39)31-6-5-16(36)30-7-8-56-25(40)14(28)10-57-27(3)4)11-49-55(46,47)52-54(44,45)48-9-15-19(51-53(41,42)43)18(37)24(50-15)35-13-34-17-21(29)32-12-33-22(17)35/h12-15,18-20,24,37-38H,5-11,28H2,1-4H3,(H,30,36)(H,31,39)(H,44,45)(H,46,47)(H2,29,32,33)(H2,41,42,43). The predicted octanol–water partition coefficient (Wildman–Crippen LogP) is -1.02. The molecule has 0 radical (unpaired) electrons. The summed E-state index contributed by atoms with van der Waals surface area (Å²) in [6.45, 7) is 0.437. The van der Waals surface area contributed by atoms with Crippen molar-refractivity contribution in [3.05, 3.63) is 12.7 Å². The number of aliphatic hydroxyl groups excluding tert-OH is 2. The van der Waals surface area contributed by atoms with Crippen LogP contribution in [-0.2, 0) is 50.7 Å². The number of nitrogens with zero attached hydrogens (tertiary/aromatic N) is 4. The molecule has 0 bridgehead atoms. The van der Waals surface area contributed by atoms with E-state index in [2.05, 4.69) is 45.8 Å². The molecule has 2 aromatic rings. The van der Waals surface area contributed by atoms with Crippen LogP contribution in [0.3, 0.4) is 0 Å². The van der Waals surface area contributed by atoms with Gasteiger partial charge in [0, 0.05) is 5.41 Å². The van der Waals surface area contributed by atoms with Gasteiger partial charge in [0.2, 0.25) is 5.91 Å². The van der Waals surface area contributed by atoms with Gasteiger partial charge in [-0.25, -0.2) is 28.6 Å². The molecule has 1 aliphatic heterocycles. The predicted molar refractivity (Wildman–Crippen MR) is 205 cm³/mol. The molecule has 0 aliphatic carbocycles. The number of ether oxygens (including phenoxy) is 1. The van der Waals surface area contributed by atoms with Gasteiger partial charge in [0.1, 0.15) is 36.3 Å². The van der Waals surface area contributed by atoms with E-state index in [-0.39, 0.29) is 41.6 Å². The molecule has 31 heteroatoms. The molecule has 2 amide bonds. The number of anilines is 1. The average molecular weight is 975 g/mol. The van der Waals surface area contributed by atoms with Crippen LogP contribution in [0.1, 0.15) is 26.5 Å². The monoisotopic (exact) mass is 974 g/mol. The number of aromatic nitrogens is 4. The molecule has 0 spiro atoms. The van der Waals surface area contributed by atoms with E-state index in [1.54, 1.807) is 10.0 Å². The van der Waals surface area contributed by atoms with Gasteiger partial charge in [-0.15, -0.1) is 0 Å². The molecule has 0 aromatic carbocycles. The molecule has 0 saturated carbocycles. The second-order valence-corrected chi connectivity index (χ2v) is 27.7. The number of imidazole rings is 1. The molecule has 12 N–H and O–H groups in total. The zero-order chi connectivity index (χ0) is 42.9. The molecule has 1 fully saturated rings. The number of carbonyl (C=O) groups excluding carboxylic acids is 3. The Hall–Kier alpha value is -1.57. The normalized spacial score (nSPS) is 22.2. The van der Waals surface area contributed by atoms with Crippen molar-refractivity contribution in [2.75, 3.05) is 43.5 Å². The summed E-state index contributed by atoms with van der Waals surface area (Å²) in [6, 6.07) is -0.593. The minimum Gasteiger partial charge on any atom is -0.386 e. The first-order valence-corrected chi connectivity index (χ1v) is 28.9. The molecule has 3 rings (SSSR count). The van der Waals surface area contributed by atoms with Crippen molar-refractivity contribution in [3.8, 4) is 0 Å². The van der Waals surface area contributed by atoms with Crippen LogP contribution in [0, 0.1) is 5.41 Å². The first-order chi connectivity index (χ1) is 26.3. The molecule has 3 heterocycles. The Bertz CT molecular complexity index is 1860. The smallest absolute Gasteiger partial charge is 0.386 e. The molecule has 25 nitrogen and oxygen atoms in total. The van der Waals surface area contributed by atoms with Crippen LogP contribution in [0.15, 0.2) is 12.7 Å². The zero-order valence-corrected chi connectivity index (χ0v) is 37.0. The van der Waals surface area contributed by atoms with Gasteiger partial charge in [0.25, 0.3) is 0 Å². The Morgan fingerprint density at radius 1 is 1.07 bits per heavy atom. The SMILES string of the molecule is C[As](C)SCC(N)C(=O)SCCNC(=O)CCNC(=O)C(O)C(C)(C)COP(=O)(O)OP(=O)(O)OCC1OC(n2cnc3c(N)ncnc32)C(O)C1OP(=O)(O)O. The molecular formula is C26H46AsN8O17P3S2. The third kappa shape index (κ3) is 15.8. The molecule has 8 atom stereocenters. The number of nitrogens with two attached hydrogens (primary N) is 2. The van der Waals surface area contributed by atoms with Gasteiger partial charge >= 0.3 is 144 Å². The van der Waals surface area contributed by atoms with Gasteiger partial charge in [-0.1, -0.05) is 13.8 Å². The molecule has 2 aromatic heterocycles. The second-order valence-electron chi connectivity index (χ2n) is 13.0. The fourth-order valence-corrected chi connectivity index (χ4v) is 11.8. The van der Waals surface area contributed by atoms with Crippen LogP contribution < -0.4 is 22.1 Å². The summed E-state index contributed by atoms with van der Waals surface area (Å²) < 4.78 is 62.1. The molecule has 57 heavy (non-hydrogen) atoms. The fourth-order valence-electron chi connectivity index (χ4n) is 4.69. The Morgan fingerprint density at radius 2 is 1.74 bits per heavy atom. The number of phosphoric ester groups is 3. The van der Waals surface area contributed by atoms with E-state index >= 15 is 0 Å². The maximum atomic E-state index is 12.7. The minimum absolute atomic E-state index is 0.0290. The number of aliphatic hydroxyl groups is 2. The summed E-state index contributed by atoms with van der Waals surface area (Å²) in [5, 5.41) is 26.2. The number of nitrogen functional groups attached to an aromatic ring is 1. The average Bonchev–Trinajstić information content (AvgIpc) is 3.66. The van der Waals surface area contributed by atoms with Gasteiger partial charge in [-0.3, -0.25) is 22.9 Å². The minimum atomic E-state index is -5.57. The summed E-state index contributed by atoms with van der Waals surface area (Å²) in [5.41, 5.74) is 14.4. The molecular weight excluding hydrogens is 928 g/mol. The summed E-state index contributed by atoms with van der Waals surface area (Å²) in [7, 11) is -14.7. The van der Waals surface area contributed by atoms with Crippen molar-refractivity contribution in [2.24, 2.45) is 11.1 Å². The van der Waals surface area contributed by atoms with Crippen LogP contribution >= 0.6 is 45.3 Å². The van der Waals surface area contributed by atoms with Gasteiger partial charge in [-0.2, -0.15) is 4.31 Å². The third-order valence-electron chi connectivity index (χ3n) is 7.56. The number of hydrogen-bond acceptors (Lipinski definition) is 20. The first-order valence-electron chi connectivity index (χ1n) is 16.4. The summed E-state index contributed by atoms with van der Waals surface area (Å²) in [5.74, 6) is -0.638. The number of rotatable bonds is 23. The van der Waals surface area contributed by atoms with E-state index in [9.17, 15) is 57.9 Å². The van der Waals surface area contributed by atoms with Crippen molar-refractivity contribution < 1.29 is 80.5 Å². The van der Waals surface area contributed by atoms with Crippen LogP contribution in [0.25, 0.3) is 11.2 Å². The quantitative estimate of drug-likeness (QED) is 0.0362. The fraction of sp³-hybridized carbons (Fsp3) is 0.692. The Balaban J connectivity index is 1.47. The van der Waals surface area contributed by atoms with Crippen molar-refractivity contribution in [2.45, 2.75) is 68.4 Å². The van der Waals surface area contributed by atoms with Crippen LogP contribution in [0.5, 0.6) is 0 Å². The van der Waals surface area contributed by atoms with Crippen molar-refractivity contribution >= 4 is 92.7 Å². The van der Waals surface area contributed by atoms with E-state index in [1.165, 1.54) is 13.8 Å². The van der Waals surface area contributed by atoms with Crippen LogP contribution in [-0.4, -0.2) is 148 Å². The van der Waals surface area contributed by atoms with Crippen molar-refractivity contribution in [3.63, 3.8) is 0 Å². The van der Waals surface area contributed by atoms with E-state index in [4.69, 9.17) is 25.3 Å². The van der Waals surface area contributed by atoms with Crippen molar-refractivity contribution in [1.29, 1.82) is 0 Å². The topological polar surface area (TPSA) is 390 Å². The Labute approximate surface area is 337 Å². The summed E-state index contributed by atoms with van der Waals surface area (Å²) in [4.78, 5) is 87.8. The number of phosphoric acid groups is 3. The summed E-state index contributed by atoms with van der Waals surface area (Å²) in [6.07, 6.45) is -6.94. The third-order valence-corrected chi connectivity index (χ3v) is 16.9. The first kappa shape index (κ1) is 49.8. The van der Waals surface area contributed by atoms with E-state index in [0.29, 0.717) is 11.5 Å². The Kier molecular flexibility index (Phi) is 18.6. The number of nitrogens with one attached hydrogen (secondary N) is 2. The van der Waals surface area contributed by atoms with E-state index in [0.717, 1.165) is 29.0 Å². The van der Waals surface area contributed by atoms with Crippen LogP contribution in [0.4, 0.5) is 5.82 Å². The van der Waals surface area contributed by atoms with Gasteiger partial charge in [-0.05, 0) is 0 Å². The number of carbonyl (C=O) groups is 3. The maximum absolute atomic E-state index is 12.7. The second kappa shape index (κ2) is 21.3. The number of thioether (sulfide) groups is 1. The number of amides is 2. The van der Waals surface area contributed by atoms with Crippen LogP contribution in [0.2, 0.25) is 11.4 Å². The van der Waals surface area contributed by atoms with Crippen molar-refractivity contribution in [1.82, 2.24) is 30.2 Å². The Morgan fingerprint density at radius 3 is 2.39 bits per heavy atom. The summed E-state index contributed by atoms with van der Waals surface area (Å²) >= 11 is 0.0368.